The van der Waals surface area contributed by atoms with Crippen molar-refractivity contribution in [2.75, 3.05) is 18.2 Å². The van der Waals surface area contributed by atoms with Crippen LogP contribution in [0.25, 0.3) is 16.4 Å². The highest BCUT2D eigenvalue weighted by molar-refractivity contribution is 7.99. The second-order valence-electron chi connectivity index (χ2n) is 6.28. The van der Waals surface area contributed by atoms with Gasteiger partial charge < -0.3 is 10.1 Å². The van der Waals surface area contributed by atoms with Gasteiger partial charge in [-0.3, -0.25) is 9.36 Å². The first-order valence-electron chi connectivity index (χ1n) is 9.06. The van der Waals surface area contributed by atoms with Gasteiger partial charge in [0, 0.05) is 5.02 Å². The highest BCUT2D eigenvalue weighted by Crippen LogP contribution is 2.31. The van der Waals surface area contributed by atoms with Gasteiger partial charge in [-0.1, -0.05) is 41.0 Å². The van der Waals surface area contributed by atoms with E-state index in [2.05, 4.69) is 15.5 Å². The average molecular weight is 491 g/mol. The molecule has 0 aliphatic rings. The average Bonchev–Trinajstić information content (AvgIpc) is 3.44. The third kappa shape index (κ3) is 5.04. The van der Waals surface area contributed by atoms with Crippen LogP contribution in [-0.2, 0) is 4.79 Å². The molecule has 31 heavy (non-hydrogen) atoms. The fraction of sp³-hybridized carbons (Fsp3) is 0.0952. The van der Waals surface area contributed by atoms with E-state index >= 15 is 0 Å². The van der Waals surface area contributed by atoms with E-state index in [0.29, 0.717) is 26.7 Å². The van der Waals surface area contributed by atoms with Crippen molar-refractivity contribution in [1.29, 1.82) is 0 Å². The van der Waals surface area contributed by atoms with Crippen molar-refractivity contribution in [3.63, 3.8) is 0 Å². The molecule has 2 aromatic carbocycles. The van der Waals surface area contributed by atoms with E-state index < -0.39 is 0 Å². The molecule has 158 valence electrons. The maximum Gasteiger partial charge on any atom is 0.234 e. The number of rotatable bonds is 7. The van der Waals surface area contributed by atoms with Crippen molar-refractivity contribution < 1.29 is 9.53 Å². The summed E-state index contributed by atoms with van der Waals surface area (Å²) in [6, 6.07) is 16.5. The van der Waals surface area contributed by atoms with Gasteiger partial charge in [-0.2, -0.15) is 0 Å². The smallest absolute Gasteiger partial charge is 0.234 e. The zero-order chi connectivity index (χ0) is 21.8. The van der Waals surface area contributed by atoms with Crippen LogP contribution in [0, 0.1) is 0 Å². The van der Waals surface area contributed by atoms with Crippen molar-refractivity contribution in [2.45, 2.75) is 5.16 Å². The first-order valence-corrected chi connectivity index (χ1v) is 11.7. The Bertz CT molecular complexity index is 1190. The number of thiophene rings is 1. The second-order valence-corrected chi connectivity index (χ2v) is 9.01. The molecule has 6 nitrogen and oxygen atoms in total. The minimum Gasteiger partial charge on any atom is -0.497 e. The van der Waals surface area contributed by atoms with Gasteiger partial charge in [0.2, 0.25) is 5.91 Å². The fourth-order valence-electron chi connectivity index (χ4n) is 2.80. The number of aromatic nitrogens is 3. The number of methoxy groups -OCH3 is 1. The van der Waals surface area contributed by atoms with Crippen LogP contribution in [0.2, 0.25) is 10.0 Å². The molecule has 0 unspecified atom stereocenters. The summed E-state index contributed by atoms with van der Waals surface area (Å²) in [7, 11) is 1.62. The Balaban J connectivity index is 1.58. The van der Waals surface area contributed by atoms with Gasteiger partial charge in [-0.25, -0.2) is 0 Å². The predicted octanol–water partition coefficient (Wildman–Crippen LogP) is 6.04. The number of nitrogens with one attached hydrogen (secondary N) is 1. The number of halogens is 2. The van der Waals surface area contributed by atoms with Crippen molar-refractivity contribution in [2.24, 2.45) is 0 Å². The number of carbonyl (C=O) groups excluding carboxylic acids is 1. The zero-order valence-corrected chi connectivity index (χ0v) is 19.4. The Hall–Kier alpha value is -2.52. The predicted molar refractivity (Wildman–Crippen MR) is 127 cm³/mol. The minimum atomic E-state index is -0.226. The number of thioether (sulfide) groups is 1. The lowest BCUT2D eigenvalue weighted by Crippen LogP contribution is -2.15. The molecule has 0 spiro atoms. The Morgan fingerprint density at radius 2 is 1.97 bits per heavy atom. The fourth-order valence-corrected chi connectivity index (χ4v) is 4.59. The van der Waals surface area contributed by atoms with E-state index in [4.69, 9.17) is 27.9 Å². The zero-order valence-electron chi connectivity index (χ0n) is 16.2. The number of anilines is 1. The first-order chi connectivity index (χ1) is 15.0. The quantitative estimate of drug-likeness (QED) is 0.319. The lowest BCUT2D eigenvalue weighted by atomic mass is 10.3. The molecular formula is C21H16Cl2N4O2S2. The lowest BCUT2D eigenvalue weighted by Gasteiger charge is -2.11. The van der Waals surface area contributed by atoms with Gasteiger partial charge in [-0.05, 0) is 53.9 Å². The normalized spacial score (nSPS) is 10.8. The number of nitrogens with zero attached hydrogens (tertiary/aromatic N) is 3. The third-order valence-electron chi connectivity index (χ3n) is 4.24. The van der Waals surface area contributed by atoms with E-state index in [1.54, 1.807) is 36.6 Å². The molecule has 0 aliphatic heterocycles. The monoisotopic (exact) mass is 490 g/mol. The van der Waals surface area contributed by atoms with Crippen LogP contribution in [0.15, 0.2) is 65.1 Å². The molecule has 0 saturated carbocycles. The lowest BCUT2D eigenvalue weighted by molar-refractivity contribution is -0.113. The molecule has 1 amide bonds. The van der Waals surface area contributed by atoms with E-state index in [1.807, 2.05) is 46.3 Å². The van der Waals surface area contributed by atoms with Gasteiger partial charge in [0.15, 0.2) is 11.0 Å². The summed E-state index contributed by atoms with van der Waals surface area (Å²) >= 11 is 15.0. The van der Waals surface area contributed by atoms with Gasteiger partial charge in [-0.15, -0.1) is 21.5 Å². The Morgan fingerprint density at radius 1 is 1.16 bits per heavy atom. The summed E-state index contributed by atoms with van der Waals surface area (Å²) in [5.41, 5.74) is 1.34. The summed E-state index contributed by atoms with van der Waals surface area (Å²) in [6.07, 6.45) is 0. The molecule has 0 saturated heterocycles. The largest absolute Gasteiger partial charge is 0.497 e. The van der Waals surface area contributed by atoms with Crippen LogP contribution in [0.5, 0.6) is 5.75 Å². The Morgan fingerprint density at radius 3 is 2.68 bits per heavy atom. The summed E-state index contributed by atoms with van der Waals surface area (Å²) < 4.78 is 7.18. The van der Waals surface area contributed by atoms with Crippen LogP contribution in [0.4, 0.5) is 5.69 Å². The van der Waals surface area contributed by atoms with Crippen molar-refractivity contribution in [3.05, 3.63) is 70.0 Å². The summed E-state index contributed by atoms with van der Waals surface area (Å²) in [5, 5.41) is 15.0. The summed E-state index contributed by atoms with van der Waals surface area (Å²) in [4.78, 5) is 13.5. The summed E-state index contributed by atoms with van der Waals surface area (Å²) in [6.45, 7) is 0. The molecule has 0 radical (unpaired) electrons. The highest BCUT2D eigenvalue weighted by atomic mass is 35.5. The molecule has 0 atom stereocenters. The maximum atomic E-state index is 12.5. The van der Waals surface area contributed by atoms with Gasteiger partial charge >= 0.3 is 0 Å². The van der Waals surface area contributed by atoms with E-state index in [-0.39, 0.29) is 11.7 Å². The maximum absolute atomic E-state index is 12.5. The number of amides is 1. The molecule has 2 heterocycles. The molecule has 4 rings (SSSR count). The van der Waals surface area contributed by atoms with Crippen molar-refractivity contribution in [1.82, 2.24) is 14.8 Å². The Kier molecular flexibility index (Phi) is 6.82. The topological polar surface area (TPSA) is 69.0 Å². The van der Waals surface area contributed by atoms with E-state index in [1.165, 1.54) is 11.8 Å². The van der Waals surface area contributed by atoms with Crippen molar-refractivity contribution in [3.8, 4) is 22.1 Å². The van der Waals surface area contributed by atoms with Crippen LogP contribution in [0.1, 0.15) is 0 Å². The minimum absolute atomic E-state index is 0.127. The number of hydrogen-bond donors (Lipinski definition) is 1. The number of carbonyl (C=O) groups is 1. The van der Waals surface area contributed by atoms with Crippen LogP contribution in [0.3, 0.4) is 0 Å². The highest BCUT2D eigenvalue weighted by Gasteiger charge is 2.18. The first kappa shape index (κ1) is 21.7. The number of benzene rings is 2. The molecule has 2 aromatic heterocycles. The SMILES string of the molecule is COc1ccc(-n2c(SCC(=O)Nc3cc(Cl)ccc3Cl)nnc2-c2cccs2)cc1. The van der Waals surface area contributed by atoms with Gasteiger partial charge in [0.1, 0.15) is 5.75 Å². The molecular weight excluding hydrogens is 475 g/mol. The second kappa shape index (κ2) is 9.74. The molecule has 4 aromatic rings. The molecule has 0 fully saturated rings. The standard InChI is InChI=1S/C21H16Cl2N4O2S2/c1-29-15-7-5-14(6-8-15)27-20(18-3-2-10-30-18)25-26-21(27)31-12-19(28)24-17-11-13(22)4-9-16(17)23/h2-11H,12H2,1H3,(H,24,28). The summed E-state index contributed by atoms with van der Waals surface area (Å²) in [5.74, 6) is 1.36. The molecule has 10 heteroatoms. The van der Waals surface area contributed by atoms with Gasteiger partial charge in [0.25, 0.3) is 0 Å². The van der Waals surface area contributed by atoms with Crippen LogP contribution in [-0.4, -0.2) is 33.5 Å². The third-order valence-corrected chi connectivity index (χ3v) is 6.60. The molecule has 0 bridgehead atoms. The van der Waals surface area contributed by atoms with Crippen LogP contribution < -0.4 is 10.1 Å². The number of ether oxygens (including phenoxy) is 1. The van der Waals surface area contributed by atoms with Gasteiger partial charge in [0.05, 0.1) is 34.1 Å². The van der Waals surface area contributed by atoms with Crippen LogP contribution >= 0.6 is 46.3 Å². The van der Waals surface area contributed by atoms with Crippen molar-refractivity contribution >= 4 is 57.9 Å². The van der Waals surface area contributed by atoms with E-state index in [9.17, 15) is 4.79 Å². The Labute approximate surface area is 197 Å². The van der Waals surface area contributed by atoms with E-state index in [0.717, 1.165) is 16.3 Å². The molecule has 0 aliphatic carbocycles. The molecule has 1 N–H and O–H groups in total. The number of hydrogen-bond acceptors (Lipinski definition) is 6.